The Balaban J connectivity index is 2.30. The van der Waals surface area contributed by atoms with Crippen LogP contribution in [0.1, 0.15) is 17.2 Å². The smallest absolute Gasteiger partial charge is 0.0749 e. The van der Waals surface area contributed by atoms with Crippen molar-refractivity contribution in [3.05, 3.63) is 59.7 Å². The fraction of sp³-hybridized carbons (Fsp3) is 0.143. The molecule has 2 heteroatoms. The molecule has 1 aliphatic rings. The molecule has 80 valence electrons. The summed E-state index contributed by atoms with van der Waals surface area (Å²) in [7, 11) is 1.92. The predicted molar refractivity (Wildman–Crippen MR) is 65.7 cm³/mol. The Kier molecular flexibility index (Phi) is 2.06. The number of nitrogens with zero attached hydrogens (tertiary/aromatic N) is 1. The summed E-state index contributed by atoms with van der Waals surface area (Å²) in [6.45, 7) is 0. The van der Waals surface area contributed by atoms with Crippen molar-refractivity contribution in [2.75, 3.05) is 7.05 Å². The second-order valence-corrected chi connectivity index (χ2v) is 4.24. The Bertz CT molecular complexity index is 486. The van der Waals surface area contributed by atoms with Crippen LogP contribution >= 0.6 is 0 Å². The first-order valence-corrected chi connectivity index (χ1v) is 5.45. The number of rotatable bonds is 1. The lowest BCUT2D eigenvalue weighted by molar-refractivity contribution is 0.294. The van der Waals surface area contributed by atoms with Gasteiger partial charge >= 0.3 is 0 Å². The van der Waals surface area contributed by atoms with E-state index in [1.54, 1.807) is 5.01 Å². The minimum atomic E-state index is 0.187. The molecule has 2 N–H and O–H groups in total. The molecule has 0 spiro atoms. The fourth-order valence-electron chi connectivity index (χ4n) is 2.57. The minimum absolute atomic E-state index is 0.187. The number of benzene rings is 2. The highest BCUT2D eigenvalue weighted by atomic mass is 15.4. The summed E-state index contributed by atoms with van der Waals surface area (Å²) in [5, 5.41) is 1.78. The first kappa shape index (κ1) is 9.58. The van der Waals surface area contributed by atoms with Crippen LogP contribution in [0.3, 0.4) is 0 Å². The third-order valence-corrected chi connectivity index (χ3v) is 3.21. The Morgan fingerprint density at radius 1 is 0.875 bits per heavy atom. The SMILES string of the molecule is CN(N)C1c2ccccc2-c2ccccc21. The van der Waals surface area contributed by atoms with Crippen molar-refractivity contribution in [3.8, 4) is 11.1 Å². The molecular formula is C14H14N2. The number of hydrogen-bond donors (Lipinski definition) is 1. The molecule has 2 nitrogen and oxygen atoms in total. The van der Waals surface area contributed by atoms with Crippen molar-refractivity contribution >= 4 is 0 Å². The molecule has 0 aromatic heterocycles. The first-order valence-electron chi connectivity index (χ1n) is 5.45. The lowest BCUT2D eigenvalue weighted by Crippen LogP contribution is -2.30. The van der Waals surface area contributed by atoms with Crippen LogP contribution in [0, 0.1) is 0 Å². The monoisotopic (exact) mass is 210 g/mol. The standard InChI is InChI=1S/C14H14N2/c1-16(15)14-12-8-4-2-6-10(12)11-7-3-5-9-13(11)14/h2-9,14H,15H2,1H3. The van der Waals surface area contributed by atoms with Crippen molar-refractivity contribution in [2.24, 2.45) is 5.84 Å². The summed E-state index contributed by atoms with van der Waals surface area (Å²) in [5.74, 6) is 5.96. The molecule has 0 heterocycles. The van der Waals surface area contributed by atoms with Crippen LogP contribution in [0.5, 0.6) is 0 Å². The average Bonchev–Trinajstić information content (AvgIpc) is 2.63. The van der Waals surface area contributed by atoms with Crippen molar-refractivity contribution in [1.29, 1.82) is 0 Å². The average molecular weight is 210 g/mol. The highest BCUT2D eigenvalue weighted by Crippen LogP contribution is 2.44. The van der Waals surface area contributed by atoms with E-state index in [-0.39, 0.29) is 6.04 Å². The zero-order valence-electron chi connectivity index (χ0n) is 9.22. The number of fused-ring (bicyclic) bond motifs is 3. The van der Waals surface area contributed by atoms with Crippen molar-refractivity contribution in [1.82, 2.24) is 5.01 Å². The Morgan fingerprint density at radius 2 is 1.31 bits per heavy atom. The van der Waals surface area contributed by atoms with Gasteiger partial charge in [-0.1, -0.05) is 48.5 Å². The summed E-state index contributed by atoms with van der Waals surface area (Å²) in [6, 6.07) is 17.1. The molecule has 0 atom stereocenters. The van der Waals surface area contributed by atoms with Gasteiger partial charge in [0.05, 0.1) is 6.04 Å². The molecule has 0 saturated carbocycles. The summed E-state index contributed by atoms with van der Waals surface area (Å²) < 4.78 is 0. The van der Waals surface area contributed by atoms with Crippen LogP contribution in [-0.2, 0) is 0 Å². The number of nitrogens with two attached hydrogens (primary N) is 1. The van der Waals surface area contributed by atoms with Crippen LogP contribution in [-0.4, -0.2) is 12.1 Å². The van der Waals surface area contributed by atoms with Gasteiger partial charge in [0, 0.05) is 7.05 Å². The van der Waals surface area contributed by atoms with E-state index in [1.165, 1.54) is 22.3 Å². The van der Waals surface area contributed by atoms with Gasteiger partial charge in [-0.25, -0.2) is 5.01 Å². The van der Waals surface area contributed by atoms with Crippen LogP contribution in [0.25, 0.3) is 11.1 Å². The molecular weight excluding hydrogens is 196 g/mol. The van der Waals surface area contributed by atoms with E-state index < -0.39 is 0 Å². The molecule has 16 heavy (non-hydrogen) atoms. The quantitative estimate of drug-likeness (QED) is 0.579. The molecule has 0 amide bonds. The van der Waals surface area contributed by atoms with Crippen molar-refractivity contribution in [2.45, 2.75) is 6.04 Å². The molecule has 0 aliphatic heterocycles. The van der Waals surface area contributed by atoms with Gasteiger partial charge in [-0.15, -0.1) is 0 Å². The van der Waals surface area contributed by atoms with E-state index >= 15 is 0 Å². The molecule has 0 saturated heterocycles. The molecule has 0 bridgehead atoms. The number of hydrazine groups is 1. The van der Waals surface area contributed by atoms with Gasteiger partial charge in [-0.05, 0) is 22.3 Å². The van der Waals surface area contributed by atoms with Gasteiger partial charge in [0.2, 0.25) is 0 Å². The highest BCUT2D eigenvalue weighted by Gasteiger charge is 2.29. The maximum absolute atomic E-state index is 5.96. The third-order valence-electron chi connectivity index (χ3n) is 3.21. The highest BCUT2D eigenvalue weighted by molar-refractivity contribution is 5.78. The summed E-state index contributed by atoms with van der Waals surface area (Å²) in [4.78, 5) is 0. The molecule has 0 fully saturated rings. The zero-order valence-corrected chi connectivity index (χ0v) is 9.22. The van der Waals surface area contributed by atoms with E-state index in [1.807, 2.05) is 7.05 Å². The van der Waals surface area contributed by atoms with Crippen LogP contribution in [0.4, 0.5) is 0 Å². The Hall–Kier alpha value is -1.64. The molecule has 3 rings (SSSR count). The second kappa shape index (κ2) is 3.44. The van der Waals surface area contributed by atoms with Crippen LogP contribution in [0.15, 0.2) is 48.5 Å². The summed E-state index contributed by atoms with van der Waals surface area (Å²) >= 11 is 0. The third kappa shape index (κ3) is 1.21. The largest absolute Gasteiger partial charge is 0.268 e. The maximum Gasteiger partial charge on any atom is 0.0749 e. The topological polar surface area (TPSA) is 29.3 Å². The normalized spacial score (nSPS) is 13.9. The van der Waals surface area contributed by atoms with E-state index in [2.05, 4.69) is 48.5 Å². The predicted octanol–water partition coefficient (Wildman–Crippen LogP) is 2.56. The van der Waals surface area contributed by atoms with Gasteiger partial charge in [0.15, 0.2) is 0 Å². The lowest BCUT2D eigenvalue weighted by Gasteiger charge is -2.21. The van der Waals surface area contributed by atoms with Gasteiger partial charge in [0.1, 0.15) is 0 Å². The van der Waals surface area contributed by atoms with E-state index in [9.17, 15) is 0 Å². The van der Waals surface area contributed by atoms with E-state index in [0.717, 1.165) is 0 Å². The fourth-order valence-corrected chi connectivity index (χ4v) is 2.57. The lowest BCUT2D eigenvalue weighted by atomic mass is 10.1. The Labute approximate surface area is 95.3 Å². The molecule has 0 radical (unpaired) electrons. The maximum atomic E-state index is 5.96. The molecule has 2 aromatic carbocycles. The Morgan fingerprint density at radius 3 is 1.75 bits per heavy atom. The summed E-state index contributed by atoms with van der Waals surface area (Å²) in [5.41, 5.74) is 5.21. The van der Waals surface area contributed by atoms with Gasteiger partial charge in [-0.2, -0.15) is 0 Å². The molecule has 0 unspecified atom stereocenters. The van der Waals surface area contributed by atoms with Crippen LogP contribution < -0.4 is 5.84 Å². The van der Waals surface area contributed by atoms with E-state index in [0.29, 0.717) is 0 Å². The van der Waals surface area contributed by atoms with Gasteiger partial charge in [0.25, 0.3) is 0 Å². The number of hydrogen-bond acceptors (Lipinski definition) is 2. The van der Waals surface area contributed by atoms with Crippen molar-refractivity contribution in [3.63, 3.8) is 0 Å². The second-order valence-electron chi connectivity index (χ2n) is 4.24. The summed E-state index contributed by atoms with van der Waals surface area (Å²) in [6.07, 6.45) is 0. The van der Waals surface area contributed by atoms with Crippen LogP contribution in [0.2, 0.25) is 0 Å². The molecule has 1 aliphatic carbocycles. The zero-order chi connectivity index (χ0) is 11.1. The minimum Gasteiger partial charge on any atom is -0.268 e. The van der Waals surface area contributed by atoms with Crippen molar-refractivity contribution < 1.29 is 0 Å². The first-order chi connectivity index (χ1) is 7.79. The van der Waals surface area contributed by atoms with E-state index in [4.69, 9.17) is 5.84 Å². The molecule has 2 aromatic rings. The van der Waals surface area contributed by atoms with Gasteiger partial charge in [-0.3, -0.25) is 5.84 Å². The van der Waals surface area contributed by atoms with Gasteiger partial charge < -0.3 is 0 Å².